The van der Waals surface area contributed by atoms with Gasteiger partial charge in [-0.2, -0.15) is 0 Å². The van der Waals surface area contributed by atoms with Gasteiger partial charge in [0.2, 0.25) is 0 Å². The first-order valence-corrected chi connectivity index (χ1v) is 9.96. The molecule has 2 heterocycles. The molecule has 0 radical (unpaired) electrons. The average molecular weight is 338 g/mol. The highest BCUT2D eigenvalue weighted by atomic mass is 16.5. The fourth-order valence-corrected chi connectivity index (χ4v) is 4.37. The van der Waals surface area contributed by atoms with Crippen LogP contribution in [0, 0.1) is 0 Å². The molecule has 134 valence electrons. The molecule has 25 heavy (non-hydrogen) atoms. The van der Waals surface area contributed by atoms with Crippen LogP contribution >= 0.6 is 0 Å². The minimum atomic E-state index is 0.735. The van der Waals surface area contributed by atoms with Gasteiger partial charge in [-0.3, -0.25) is 4.90 Å². The molecule has 0 saturated carbocycles. The molecule has 3 heteroatoms. The maximum atomic E-state index is 6.06. The van der Waals surface area contributed by atoms with Gasteiger partial charge in [0.25, 0.3) is 0 Å². The first kappa shape index (κ1) is 16.9. The van der Waals surface area contributed by atoms with E-state index in [1.807, 2.05) is 0 Å². The zero-order valence-electron chi connectivity index (χ0n) is 15.2. The third kappa shape index (κ3) is 4.34. The number of piperidine rings is 1. The van der Waals surface area contributed by atoms with E-state index in [9.17, 15) is 0 Å². The van der Waals surface area contributed by atoms with Crippen LogP contribution in [0.5, 0.6) is 5.75 Å². The molecule has 4 rings (SSSR count). The lowest BCUT2D eigenvalue weighted by Crippen LogP contribution is -2.43. The molecule has 2 aromatic carbocycles. The molecule has 2 aliphatic heterocycles. The highest BCUT2D eigenvalue weighted by Gasteiger charge is 2.26. The maximum Gasteiger partial charge on any atom is 0.120 e. The molecule has 3 nitrogen and oxygen atoms in total. The van der Waals surface area contributed by atoms with Crippen LogP contribution in [0.2, 0.25) is 0 Å². The molecule has 0 amide bonds. The van der Waals surface area contributed by atoms with E-state index >= 15 is 0 Å². The molecule has 2 aliphatic rings. The highest BCUT2D eigenvalue weighted by Crippen LogP contribution is 2.22. The first-order chi connectivity index (χ1) is 12.4. The van der Waals surface area contributed by atoms with Gasteiger partial charge in [0.05, 0.1) is 0 Å². The van der Waals surface area contributed by atoms with Crippen LogP contribution in [0.1, 0.15) is 32.1 Å². The minimum absolute atomic E-state index is 0.735. The quantitative estimate of drug-likeness (QED) is 0.786. The Morgan fingerprint density at radius 1 is 0.880 bits per heavy atom. The summed E-state index contributed by atoms with van der Waals surface area (Å²) in [5.41, 5.74) is 0. The molecule has 0 spiro atoms. The molecule has 2 aromatic rings. The first-order valence-electron chi connectivity index (χ1n) is 9.96. The SMILES string of the molecule is c1ccc2cc(OCCN3CCCC3CN3CCCCC3)ccc2c1. The largest absolute Gasteiger partial charge is 0.492 e. The van der Waals surface area contributed by atoms with E-state index in [2.05, 4.69) is 52.3 Å². The summed E-state index contributed by atoms with van der Waals surface area (Å²) in [5.74, 6) is 0.991. The molecule has 0 aromatic heterocycles. The lowest BCUT2D eigenvalue weighted by atomic mass is 10.1. The molecule has 0 N–H and O–H groups in total. The standard InChI is InChI=1S/C22H30N2O/c1-4-12-23(13-5-1)18-21-9-6-14-24(21)15-16-25-22-11-10-19-7-2-3-8-20(19)17-22/h2-3,7-8,10-11,17,21H,1,4-6,9,12-16,18H2. The smallest absolute Gasteiger partial charge is 0.120 e. The Morgan fingerprint density at radius 2 is 1.72 bits per heavy atom. The monoisotopic (exact) mass is 338 g/mol. The number of hydrogen-bond donors (Lipinski definition) is 0. The Morgan fingerprint density at radius 3 is 2.60 bits per heavy atom. The van der Waals surface area contributed by atoms with E-state index in [0.29, 0.717) is 0 Å². The topological polar surface area (TPSA) is 15.7 Å². The second-order valence-electron chi connectivity index (χ2n) is 7.55. The molecular formula is C22H30N2O. The number of rotatable bonds is 6. The summed E-state index contributed by atoms with van der Waals surface area (Å²) < 4.78 is 6.06. The summed E-state index contributed by atoms with van der Waals surface area (Å²) in [5, 5.41) is 2.53. The molecule has 1 atom stereocenters. The number of likely N-dealkylation sites (tertiary alicyclic amines) is 2. The van der Waals surface area contributed by atoms with Crippen molar-refractivity contribution in [3.63, 3.8) is 0 Å². The normalized spacial score (nSPS) is 22.5. The van der Waals surface area contributed by atoms with Gasteiger partial charge in [-0.15, -0.1) is 0 Å². The number of benzene rings is 2. The van der Waals surface area contributed by atoms with Crippen LogP contribution in [-0.4, -0.2) is 55.2 Å². The van der Waals surface area contributed by atoms with Gasteiger partial charge in [-0.1, -0.05) is 36.8 Å². The number of ether oxygens (including phenoxy) is 1. The Kier molecular flexibility index (Phi) is 5.53. The summed E-state index contributed by atoms with van der Waals surface area (Å²) >= 11 is 0. The van der Waals surface area contributed by atoms with Gasteiger partial charge in [0, 0.05) is 19.1 Å². The van der Waals surface area contributed by atoms with Crippen molar-refractivity contribution in [1.29, 1.82) is 0 Å². The third-order valence-corrected chi connectivity index (χ3v) is 5.78. The van der Waals surface area contributed by atoms with Crippen LogP contribution in [-0.2, 0) is 0 Å². The predicted molar refractivity (Wildman–Crippen MR) is 104 cm³/mol. The number of nitrogens with zero attached hydrogens (tertiary/aromatic N) is 2. The van der Waals surface area contributed by atoms with E-state index < -0.39 is 0 Å². The average Bonchev–Trinajstić information content (AvgIpc) is 3.09. The van der Waals surface area contributed by atoms with Gasteiger partial charge in [0.1, 0.15) is 12.4 Å². The van der Waals surface area contributed by atoms with E-state index in [1.54, 1.807) is 0 Å². The van der Waals surface area contributed by atoms with Gasteiger partial charge in [-0.05, 0) is 68.2 Å². The van der Waals surface area contributed by atoms with E-state index in [4.69, 9.17) is 4.74 Å². The predicted octanol–water partition coefficient (Wildman–Crippen LogP) is 4.17. The van der Waals surface area contributed by atoms with E-state index in [0.717, 1.165) is 24.9 Å². The Balaban J connectivity index is 1.27. The fourth-order valence-electron chi connectivity index (χ4n) is 4.37. The molecule has 2 fully saturated rings. The molecule has 0 bridgehead atoms. The number of fused-ring (bicyclic) bond motifs is 1. The van der Waals surface area contributed by atoms with Crippen molar-refractivity contribution in [2.45, 2.75) is 38.1 Å². The van der Waals surface area contributed by atoms with Crippen LogP contribution in [0.25, 0.3) is 10.8 Å². The van der Waals surface area contributed by atoms with Gasteiger partial charge in [0.15, 0.2) is 0 Å². The zero-order valence-corrected chi connectivity index (χ0v) is 15.2. The van der Waals surface area contributed by atoms with Crippen LogP contribution in [0.4, 0.5) is 0 Å². The van der Waals surface area contributed by atoms with Crippen molar-refractivity contribution in [2.24, 2.45) is 0 Å². The summed E-state index contributed by atoms with van der Waals surface area (Å²) in [6.07, 6.45) is 6.89. The second-order valence-corrected chi connectivity index (χ2v) is 7.55. The summed E-state index contributed by atoms with van der Waals surface area (Å²) in [6.45, 7) is 6.94. The third-order valence-electron chi connectivity index (χ3n) is 5.78. The van der Waals surface area contributed by atoms with Gasteiger partial charge < -0.3 is 9.64 Å². The zero-order chi connectivity index (χ0) is 16.9. The summed E-state index contributed by atoms with van der Waals surface area (Å²) in [7, 11) is 0. The van der Waals surface area contributed by atoms with Crippen molar-refractivity contribution in [1.82, 2.24) is 9.80 Å². The van der Waals surface area contributed by atoms with Crippen LogP contribution in [0.3, 0.4) is 0 Å². The Hall–Kier alpha value is -1.58. The van der Waals surface area contributed by atoms with Gasteiger partial charge >= 0.3 is 0 Å². The lowest BCUT2D eigenvalue weighted by Gasteiger charge is -2.32. The minimum Gasteiger partial charge on any atom is -0.492 e. The molecule has 2 saturated heterocycles. The Labute approximate surface area is 151 Å². The maximum absolute atomic E-state index is 6.06. The summed E-state index contributed by atoms with van der Waals surface area (Å²) in [6, 6.07) is 15.6. The fraction of sp³-hybridized carbons (Fsp3) is 0.545. The Bertz CT molecular complexity index is 681. The molecule has 1 unspecified atom stereocenters. The second kappa shape index (κ2) is 8.20. The van der Waals surface area contributed by atoms with Crippen molar-refractivity contribution >= 4 is 10.8 Å². The van der Waals surface area contributed by atoms with Crippen molar-refractivity contribution in [3.05, 3.63) is 42.5 Å². The summed E-state index contributed by atoms with van der Waals surface area (Å²) in [4.78, 5) is 5.33. The van der Waals surface area contributed by atoms with Crippen molar-refractivity contribution in [3.8, 4) is 5.75 Å². The molecular weight excluding hydrogens is 308 g/mol. The molecule has 0 aliphatic carbocycles. The van der Waals surface area contributed by atoms with Gasteiger partial charge in [-0.25, -0.2) is 0 Å². The lowest BCUT2D eigenvalue weighted by molar-refractivity contribution is 0.138. The van der Waals surface area contributed by atoms with E-state index in [-0.39, 0.29) is 0 Å². The number of hydrogen-bond acceptors (Lipinski definition) is 3. The highest BCUT2D eigenvalue weighted by molar-refractivity contribution is 5.83. The van der Waals surface area contributed by atoms with Crippen LogP contribution < -0.4 is 4.74 Å². The van der Waals surface area contributed by atoms with Crippen molar-refractivity contribution in [2.75, 3.05) is 39.3 Å². The van der Waals surface area contributed by atoms with Crippen LogP contribution in [0.15, 0.2) is 42.5 Å². The van der Waals surface area contributed by atoms with E-state index in [1.165, 1.54) is 69.1 Å². The van der Waals surface area contributed by atoms with Crippen molar-refractivity contribution < 1.29 is 4.74 Å².